The number of piperazine rings is 1. The second kappa shape index (κ2) is 9.50. The van der Waals surface area contributed by atoms with Crippen LogP contribution in [0, 0.1) is 0 Å². The monoisotopic (exact) mass is 418 g/mol. The topological polar surface area (TPSA) is 45.9 Å². The molecule has 0 bridgehead atoms. The van der Waals surface area contributed by atoms with Crippen LogP contribution in [0.3, 0.4) is 0 Å². The highest BCUT2D eigenvalue weighted by atomic mass is 16.5. The Morgan fingerprint density at radius 3 is 2.10 bits per heavy atom. The molecule has 0 aliphatic carbocycles. The highest BCUT2D eigenvalue weighted by Gasteiger charge is 2.29. The number of hydrogen-bond acceptors (Lipinski definition) is 5. The van der Waals surface area contributed by atoms with Gasteiger partial charge in [-0.05, 0) is 48.7 Å². The summed E-state index contributed by atoms with van der Waals surface area (Å²) in [6.45, 7) is 8.51. The van der Waals surface area contributed by atoms with E-state index >= 15 is 0 Å². The lowest BCUT2D eigenvalue weighted by Gasteiger charge is -2.44. The van der Waals surface area contributed by atoms with Gasteiger partial charge in [0, 0.05) is 43.8 Å². The molecule has 162 valence electrons. The molecule has 0 saturated carbocycles. The van der Waals surface area contributed by atoms with Gasteiger partial charge in [-0.25, -0.2) is 4.79 Å². The van der Waals surface area contributed by atoms with E-state index in [1.54, 1.807) is 12.5 Å². The minimum atomic E-state index is -0.291. The van der Waals surface area contributed by atoms with Crippen LogP contribution < -0.4 is 0 Å². The lowest BCUT2D eigenvalue weighted by atomic mass is 10.0. The normalized spacial score (nSPS) is 20.0. The van der Waals surface area contributed by atoms with Crippen LogP contribution in [0.1, 0.15) is 35.3 Å². The lowest BCUT2D eigenvalue weighted by molar-refractivity contribution is 0.0290. The molecule has 2 aromatic carbocycles. The van der Waals surface area contributed by atoms with E-state index in [0.717, 1.165) is 31.7 Å². The van der Waals surface area contributed by atoms with Gasteiger partial charge in [-0.1, -0.05) is 36.4 Å². The number of esters is 1. The molecule has 0 amide bonds. The first kappa shape index (κ1) is 21.3. The average molecular weight is 419 g/mol. The number of rotatable bonds is 6. The Morgan fingerprint density at radius 1 is 0.903 bits per heavy atom. The van der Waals surface area contributed by atoms with Gasteiger partial charge in [0.15, 0.2) is 0 Å². The Morgan fingerprint density at radius 2 is 1.52 bits per heavy atom. The fourth-order valence-electron chi connectivity index (χ4n) is 4.47. The van der Waals surface area contributed by atoms with Crippen molar-refractivity contribution >= 4 is 5.97 Å². The minimum Gasteiger partial charge on any atom is -0.472 e. The second-order valence-corrected chi connectivity index (χ2v) is 8.46. The molecule has 2 atom stereocenters. The van der Waals surface area contributed by atoms with Crippen molar-refractivity contribution in [1.29, 1.82) is 0 Å². The highest BCUT2D eigenvalue weighted by Crippen LogP contribution is 2.24. The molecule has 0 radical (unpaired) electrons. The first-order chi connectivity index (χ1) is 15.0. The molecule has 1 aliphatic rings. The molecule has 0 spiro atoms. The van der Waals surface area contributed by atoms with Crippen molar-refractivity contribution in [2.75, 3.05) is 20.2 Å². The molecule has 0 unspecified atom stereocenters. The molecule has 4 rings (SSSR count). The van der Waals surface area contributed by atoms with Crippen molar-refractivity contribution in [2.45, 2.75) is 39.0 Å². The van der Waals surface area contributed by atoms with Crippen molar-refractivity contribution in [2.24, 2.45) is 0 Å². The Labute approximate surface area is 184 Å². The first-order valence-corrected chi connectivity index (χ1v) is 10.8. The standard InChI is InChI=1S/C26H30N2O3/c1-19-14-27(16-21-6-10-24(11-7-21)26(29)30-3)15-20(2)28(19)17-22-4-8-23(9-5-22)25-12-13-31-18-25/h4-13,18-20H,14-17H2,1-3H3/t19-,20+. The van der Waals surface area contributed by atoms with Gasteiger partial charge in [0.2, 0.25) is 0 Å². The Hall–Kier alpha value is -2.89. The molecule has 31 heavy (non-hydrogen) atoms. The number of nitrogens with zero attached hydrogens (tertiary/aromatic N) is 2. The van der Waals surface area contributed by atoms with Gasteiger partial charge in [-0.15, -0.1) is 0 Å². The third-order valence-corrected chi connectivity index (χ3v) is 6.13. The fraction of sp³-hybridized carbons (Fsp3) is 0.346. The Kier molecular flexibility index (Phi) is 6.54. The maximum absolute atomic E-state index is 11.6. The van der Waals surface area contributed by atoms with Crippen molar-refractivity contribution in [1.82, 2.24) is 9.80 Å². The van der Waals surface area contributed by atoms with E-state index in [9.17, 15) is 4.79 Å². The van der Waals surface area contributed by atoms with Crippen LogP contribution in [0.15, 0.2) is 71.5 Å². The van der Waals surface area contributed by atoms with Gasteiger partial charge in [0.25, 0.3) is 0 Å². The Balaban J connectivity index is 1.35. The third-order valence-electron chi connectivity index (χ3n) is 6.13. The predicted octanol–water partition coefficient (Wildman–Crippen LogP) is 4.83. The maximum Gasteiger partial charge on any atom is 0.337 e. The zero-order chi connectivity index (χ0) is 21.8. The van der Waals surface area contributed by atoms with Crippen LogP contribution in [0.5, 0.6) is 0 Å². The number of carbonyl (C=O) groups excluding carboxylic acids is 1. The molecular formula is C26H30N2O3. The lowest BCUT2D eigenvalue weighted by Crippen LogP contribution is -2.55. The van der Waals surface area contributed by atoms with Crippen LogP contribution >= 0.6 is 0 Å². The van der Waals surface area contributed by atoms with Crippen LogP contribution in [-0.4, -0.2) is 48.1 Å². The predicted molar refractivity (Wildman–Crippen MR) is 122 cm³/mol. The quantitative estimate of drug-likeness (QED) is 0.537. The van der Waals surface area contributed by atoms with E-state index in [0.29, 0.717) is 17.6 Å². The van der Waals surface area contributed by atoms with Gasteiger partial charge >= 0.3 is 5.97 Å². The summed E-state index contributed by atoms with van der Waals surface area (Å²) in [5.41, 5.74) is 5.44. The van der Waals surface area contributed by atoms with Crippen LogP contribution in [-0.2, 0) is 17.8 Å². The summed E-state index contributed by atoms with van der Waals surface area (Å²) < 4.78 is 9.97. The number of benzene rings is 2. The molecule has 5 heteroatoms. The third kappa shape index (κ3) is 5.06. The van der Waals surface area contributed by atoms with Gasteiger partial charge in [0.05, 0.1) is 25.2 Å². The Bertz CT molecular complexity index is 969. The zero-order valence-electron chi connectivity index (χ0n) is 18.5. The molecule has 5 nitrogen and oxygen atoms in total. The molecule has 0 N–H and O–H groups in total. The van der Waals surface area contributed by atoms with Crippen molar-refractivity contribution in [3.63, 3.8) is 0 Å². The van der Waals surface area contributed by atoms with Crippen molar-refractivity contribution in [3.05, 3.63) is 83.8 Å². The first-order valence-electron chi connectivity index (χ1n) is 10.8. The molecule has 1 fully saturated rings. The number of carbonyl (C=O) groups is 1. The summed E-state index contributed by atoms with van der Waals surface area (Å²) in [6.07, 6.45) is 3.49. The molecular weight excluding hydrogens is 388 g/mol. The number of furan rings is 1. The maximum atomic E-state index is 11.6. The smallest absolute Gasteiger partial charge is 0.337 e. The molecule has 1 saturated heterocycles. The number of ether oxygens (including phenoxy) is 1. The van der Waals surface area contributed by atoms with E-state index in [2.05, 4.69) is 47.9 Å². The van der Waals surface area contributed by atoms with E-state index in [1.165, 1.54) is 23.8 Å². The van der Waals surface area contributed by atoms with Gasteiger partial charge in [-0.3, -0.25) is 9.80 Å². The van der Waals surface area contributed by atoms with Crippen molar-refractivity contribution in [3.8, 4) is 11.1 Å². The molecule has 2 heterocycles. The molecule has 1 aromatic heterocycles. The van der Waals surface area contributed by atoms with Crippen molar-refractivity contribution < 1.29 is 13.9 Å². The van der Waals surface area contributed by atoms with Crippen LogP contribution in [0.4, 0.5) is 0 Å². The summed E-state index contributed by atoms with van der Waals surface area (Å²) in [5.74, 6) is -0.291. The minimum absolute atomic E-state index is 0.291. The van der Waals surface area contributed by atoms with Gasteiger partial charge in [0.1, 0.15) is 0 Å². The summed E-state index contributed by atoms with van der Waals surface area (Å²) in [4.78, 5) is 16.7. The average Bonchev–Trinajstić information content (AvgIpc) is 3.32. The fourth-order valence-corrected chi connectivity index (χ4v) is 4.47. The molecule has 1 aliphatic heterocycles. The summed E-state index contributed by atoms with van der Waals surface area (Å²) >= 11 is 0. The van der Waals surface area contributed by atoms with Gasteiger partial charge in [-0.2, -0.15) is 0 Å². The number of hydrogen-bond donors (Lipinski definition) is 0. The highest BCUT2D eigenvalue weighted by molar-refractivity contribution is 5.89. The number of methoxy groups -OCH3 is 1. The largest absolute Gasteiger partial charge is 0.472 e. The summed E-state index contributed by atoms with van der Waals surface area (Å²) in [6, 6.07) is 19.4. The van der Waals surface area contributed by atoms with Crippen LogP contribution in [0.2, 0.25) is 0 Å². The van der Waals surface area contributed by atoms with E-state index in [4.69, 9.17) is 9.15 Å². The van der Waals surface area contributed by atoms with E-state index in [-0.39, 0.29) is 5.97 Å². The summed E-state index contributed by atoms with van der Waals surface area (Å²) in [7, 11) is 1.41. The van der Waals surface area contributed by atoms with E-state index in [1.807, 2.05) is 30.3 Å². The SMILES string of the molecule is COC(=O)c1ccc(CN2C[C@@H](C)N(Cc3ccc(-c4ccoc4)cc3)[C@@H](C)C2)cc1. The second-order valence-electron chi connectivity index (χ2n) is 8.46. The van der Waals surface area contributed by atoms with E-state index < -0.39 is 0 Å². The zero-order valence-corrected chi connectivity index (χ0v) is 18.5. The van der Waals surface area contributed by atoms with Crippen LogP contribution in [0.25, 0.3) is 11.1 Å². The van der Waals surface area contributed by atoms with Gasteiger partial charge < -0.3 is 9.15 Å². The molecule has 3 aromatic rings. The summed E-state index contributed by atoms with van der Waals surface area (Å²) in [5, 5.41) is 0.